The minimum atomic E-state index is 1.11. The van der Waals surface area contributed by atoms with Gasteiger partial charge in [0.15, 0.2) is 0 Å². The van der Waals surface area contributed by atoms with Crippen LogP contribution in [0.3, 0.4) is 0 Å². The molecule has 0 atom stereocenters. The molecule has 1 aromatic carbocycles. The third kappa shape index (κ3) is 1.05. The molecule has 2 rings (SSSR count). The van der Waals surface area contributed by atoms with Gasteiger partial charge in [0, 0.05) is 12.4 Å². The van der Waals surface area contributed by atoms with Gasteiger partial charge in [-0.15, -0.1) is 0 Å². The first-order chi connectivity index (χ1) is 6.11. The van der Waals surface area contributed by atoms with Crippen LogP contribution in [0, 0.1) is 20.8 Å². The quantitative estimate of drug-likeness (QED) is 0.600. The molecule has 0 aliphatic carbocycles. The lowest BCUT2D eigenvalue weighted by molar-refractivity contribution is 0.781. The number of aromatic nitrogens is 2. The van der Waals surface area contributed by atoms with E-state index in [0.29, 0.717) is 0 Å². The highest BCUT2D eigenvalue weighted by Gasteiger charge is 2.07. The van der Waals surface area contributed by atoms with E-state index in [-0.39, 0.29) is 0 Å². The third-order valence-corrected chi connectivity index (χ3v) is 2.72. The van der Waals surface area contributed by atoms with Gasteiger partial charge in [-0.3, -0.25) is 4.68 Å². The van der Waals surface area contributed by atoms with E-state index < -0.39 is 0 Å². The van der Waals surface area contributed by atoms with E-state index in [2.05, 4.69) is 38.0 Å². The lowest BCUT2D eigenvalue weighted by atomic mass is 10.1. The van der Waals surface area contributed by atoms with Crippen LogP contribution in [0.15, 0.2) is 12.1 Å². The molecule has 68 valence electrons. The van der Waals surface area contributed by atoms with Gasteiger partial charge in [-0.25, -0.2) is 0 Å². The Morgan fingerprint density at radius 1 is 1.15 bits per heavy atom. The van der Waals surface area contributed by atoms with Gasteiger partial charge in [-0.05, 0) is 31.9 Å². The van der Waals surface area contributed by atoms with E-state index in [9.17, 15) is 0 Å². The van der Waals surface area contributed by atoms with E-state index in [4.69, 9.17) is 0 Å². The van der Waals surface area contributed by atoms with Gasteiger partial charge in [0.1, 0.15) is 0 Å². The summed E-state index contributed by atoms with van der Waals surface area (Å²) in [6, 6.07) is 4.31. The second-order valence-corrected chi connectivity index (χ2v) is 3.61. The second kappa shape index (κ2) is 2.59. The van der Waals surface area contributed by atoms with E-state index in [0.717, 1.165) is 5.69 Å². The topological polar surface area (TPSA) is 17.8 Å². The molecule has 2 aromatic rings. The largest absolute Gasteiger partial charge is 0.267 e. The maximum Gasteiger partial charge on any atom is 0.0713 e. The van der Waals surface area contributed by atoms with Crippen LogP contribution >= 0.6 is 0 Å². The third-order valence-electron chi connectivity index (χ3n) is 2.72. The van der Waals surface area contributed by atoms with Crippen molar-refractivity contribution in [2.75, 3.05) is 0 Å². The average Bonchev–Trinajstić information content (AvgIpc) is 2.35. The molecular formula is C11H14N2. The van der Waals surface area contributed by atoms with Crippen molar-refractivity contribution < 1.29 is 0 Å². The first kappa shape index (κ1) is 8.30. The zero-order chi connectivity index (χ0) is 9.59. The SMILES string of the molecule is Cc1ccc2c(C)nn(C)c2c1C. The summed E-state index contributed by atoms with van der Waals surface area (Å²) < 4.78 is 1.97. The molecule has 0 bridgehead atoms. The predicted molar refractivity (Wildman–Crippen MR) is 54.9 cm³/mol. The van der Waals surface area contributed by atoms with Crippen LogP contribution in [-0.4, -0.2) is 9.78 Å². The Morgan fingerprint density at radius 3 is 2.54 bits per heavy atom. The summed E-state index contributed by atoms with van der Waals surface area (Å²) in [7, 11) is 2.00. The van der Waals surface area contributed by atoms with E-state index in [1.165, 1.54) is 22.0 Å². The summed E-state index contributed by atoms with van der Waals surface area (Å²) in [6.07, 6.45) is 0. The van der Waals surface area contributed by atoms with Crippen molar-refractivity contribution in [3.05, 3.63) is 29.0 Å². The van der Waals surface area contributed by atoms with Gasteiger partial charge in [0.25, 0.3) is 0 Å². The average molecular weight is 174 g/mol. The summed E-state index contributed by atoms with van der Waals surface area (Å²) in [5, 5.41) is 5.68. The molecule has 0 spiro atoms. The highest BCUT2D eigenvalue weighted by Crippen LogP contribution is 2.23. The number of nitrogens with zero attached hydrogens (tertiary/aromatic N) is 2. The molecule has 0 unspecified atom stereocenters. The van der Waals surface area contributed by atoms with Gasteiger partial charge < -0.3 is 0 Å². The molecular weight excluding hydrogens is 160 g/mol. The molecule has 0 fully saturated rings. The molecule has 2 heteroatoms. The fraction of sp³-hybridized carbons (Fsp3) is 0.364. The summed E-state index contributed by atoms with van der Waals surface area (Å²) in [4.78, 5) is 0. The Kier molecular flexibility index (Phi) is 1.65. The van der Waals surface area contributed by atoms with Gasteiger partial charge in [-0.1, -0.05) is 12.1 Å². The van der Waals surface area contributed by atoms with Crippen LogP contribution in [0.25, 0.3) is 10.9 Å². The molecule has 1 aromatic heterocycles. The summed E-state index contributed by atoms with van der Waals surface area (Å²) in [6.45, 7) is 6.34. The van der Waals surface area contributed by atoms with Gasteiger partial charge >= 0.3 is 0 Å². The van der Waals surface area contributed by atoms with Crippen LogP contribution < -0.4 is 0 Å². The Balaban J connectivity index is 2.98. The van der Waals surface area contributed by atoms with Crippen LogP contribution in [0.5, 0.6) is 0 Å². The van der Waals surface area contributed by atoms with Gasteiger partial charge in [0.2, 0.25) is 0 Å². The first-order valence-electron chi connectivity index (χ1n) is 4.51. The van der Waals surface area contributed by atoms with Crippen LogP contribution in [0.2, 0.25) is 0 Å². The number of hydrogen-bond donors (Lipinski definition) is 0. The summed E-state index contributed by atoms with van der Waals surface area (Å²) >= 11 is 0. The molecule has 1 heterocycles. The summed E-state index contributed by atoms with van der Waals surface area (Å²) in [5.74, 6) is 0. The first-order valence-corrected chi connectivity index (χ1v) is 4.51. The van der Waals surface area contributed by atoms with Crippen LogP contribution in [-0.2, 0) is 7.05 Å². The number of fused-ring (bicyclic) bond motifs is 1. The maximum absolute atomic E-state index is 4.41. The van der Waals surface area contributed by atoms with E-state index >= 15 is 0 Å². The number of aryl methyl sites for hydroxylation is 4. The molecule has 0 saturated carbocycles. The van der Waals surface area contributed by atoms with Crippen LogP contribution in [0.4, 0.5) is 0 Å². The maximum atomic E-state index is 4.41. The minimum Gasteiger partial charge on any atom is -0.267 e. The Morgan fingerprint density at radius 2 is 1.85 bits per heavy atom. The normalized spacial score (nSPS) is 11.1. The molecule has 0 radical (unpaired) electrons. The zero-order valence-electron chi connectivity index (χ0n) is 8.55. The van der Waals surface area contributed by atoms with Crippen molar-refractivity contribution in [3.8, 4) is 0 Å². The van der Waals surface area contributed by atoms with E-state index in [1.807, 2.05) is 11.7 Å². The van der Waals surface area contributed by atoms with Gasteiger partial charge in [0.05, 0.1) is 11.2 Å². The summed E-state index contributed by atoms with van der Waals surface area (Å²) in [5.41, 5.74) is 5.04. The predicted octanol–water partition coefficient (Wildman–Crippen LogP) is 2.50. The molecule has 0 aliphatic heterocycles. The van der Waals surface area contributed by atoms with E-state index in [1.54, 1.807) is 0 Å². The number of rotatable bonds is 0. The van der Waals surface area contributed by atoms with Crippen molar-refractivity contribution in [2.45, 2.75) is 20.8 Å². The highest BCUT2D eigenvalue weighted by molar-refractivity contribution is 5.85. The van der Waals surface area contributed by atoms with Crippen molar-refractivity contribution >= 4 is 10.9 Å². The molecule has 0 aliphatic rings. The molecule has 13 heavy (non-hydrogen) atoms. The zero-order valence-corrected chi connectivity index (χ0v) is 8.55. The molecule has 0 amide bonds. The lowest BCUT2D eigenvalue weighted by Gasteiger charge is -2.02. The fourth-order valence-electron chi connectivity index (χ4n) is 1.84. The number of hydrogen-bond acceptors (Lipinski definition) is 1. The Hall–Kier alpha value is -1.31. The minimum absolute atomic E-state index is 1.11. The second-order valence-electron chi connectivity index (χ2n) is 3.61. The Bertz CT molecular complexity index is 466. The molecule has 2 nitrogen and oxygen atoms in total. The van der Waals surface area contributed by atoms with Crippen LogP contribution in [0.1, 0.15) is 16.8 Å². The number of benzene rings is 1. The fourth-order valence-corrected chi connectivity index (χ4v) is 1.84. The van der Waals surface area contributed by atoms with Crippen molar-refractivity contribution in [1.29, 1.82) is 0 Å². The lowest BCUT2D eigenvalue weighted by Crippen LogP contribution is -1.92. The Labute approximate surface area is 78.2 Å². The molecule has 0 N–H and O–H groups in total. The standard InChI is InChI=1S/C11H14N2/c1-7-5-6-10-9(3)12-13(4)11(10)8(7)2/h5-6H,1-4H3. The molecule has 0 saturated heterocycles. The highest BCUT2D eigenvalue weighted by atomic mass is 15.3. The van der Waals surface area contributed by atoms with Crippen molar-refractivity contribution in [1.82, 2.24) is 9.78 Å². The smallest absolute Gasteiger partial charge is 0.0713 e. The van der Waals surface area contributed by atoms with Gasteiger partial charge in [-0.2, -0.15) is 5.10 Å². The van der Waals surface area contributed by atoms with Crippen molar-refractivity contribution in [2.24, 2.45) is 7.05 Å². The van der Waals surface area contributed by atoms with Crippen molar-refractivity contribution in [3.63, 3.8) is 0 Å². The monoisotopic (exact) mass is 174 g/mol.